The largest absolute Gasteiger partial charge is 0.394 e. The van der Waals surface area contributed by atoms with Crippen LogP contribution < -0.4 is 5.19 Å². The Morgan fingerprint density at radius 3 is 2.07 bits per heavy atom. The van der Waals surface area contributed by atoms with Crippen LogP contribution in [0.1, 0.15) is 20.3 Å². The standard InChI is InChI=1S/C12H20O2Si/c1-5-11(2)15(13-3,14-4)12-9-7-6-8-10-12/h6-11H,5H2,1-4H3. The molecule has 0 aliphatic heterocycles. The molecule has 1 atom stereocenters. The maximum atomic E-state index is 5.74. The molecule has 84 valence electrons. The van der Waals surface area contributed by atoms with Gasteiger partial charge >= 0.3 is 8.56 Å². The second-order valence-electron chi connectivity index (χ2n) is 3.75. The molecule has 3 heteroatoms. The first-order valence-electron chi connectivity index (χ1n) is 5.37. The first kappa shape index (κ1) is 12.4. The average Bonchev–Trinajstić information content (AvgIpc) is 2.32. The van der Waals surface area contributed by atoms with Gasteiger partial charge in [-0.1, -0.05) is 50.6 Å². The van der Waals surface area contributed by atoms with Crippen LogP contribution in [0.15, 0.2) is 30.3 Å². The zero-order chi connectivity index (χ0) is 11.3. The average molecular weight is 224 g/mol. The summed E-state index contributed by atoms with van der Waals surface area (Å²) in [5.74, 6) is 0. The van der Waals surface area contributed by atoms with Crippen LogP contribution in [-0.4, -0.2) is 22.8 Å². The third kappa shape index (κ3) is 2.30. The molecule has 0 saturated heterocycles. The summed E-state index contributed by atoms with van der Waals surface area (Å²) in [6.07, 6.45) is 1.07. The van der Waals surface area contributed by atoms with Crippen molar-refractivity contribution in [3.63, 3.8) is 0 Å². The Bertz CT molecular complexity index is 283. The summed E-state index contributed by atoms with van der Waals surface area (Å²) in [6.45, 7) is 4.37. The van der Waals surface area contributed by atoms with Crippen molar-refractivity contribution in [2.75, 3.05) is 14.2 Å². The maximum absolute atomic E-state index is 5.74. The lowest BCUT2D eigenvalue weighted by Crippen LogP contribution is -2.55. The van der Waals surface area contributed by atoms with Gasteiger partial charge in [0, 0.05) is 19.8 Å². The monoisotopic (exact) mass is 224 g/mol. The second-order valence-corrected chi connectivity index (χ2v) is 7.47. The van der Waals surface area contributed by atoms with Crippen LogP contribution >= 0.6 is 0 Å². The van der Waals surface area contributed by atoms with Crippen LogP contribution in [0, 0.1) is 0 Å². The van der Waals surface area contributed by atoms with Gasteiger partial charge in [0.2, 0.25) is 0 Å². The summed E-state index contributed by atoms with van der Waals surface area (Å²) in [5, 5.41) is 1.21. The van der Waals surface area contributed by atoms with Crippen LogP contribution in [0.4, 0.5) is 0 Å². The Kier molecular flexibility index (Phi) is 4.51. The Morgan fingerprint density at radius 2 is 1.67 bits per heavy atom. The van der Waals surface area contributed by atoms with Crippen molar-refractivity contribution in [3.05, 3.63) is 30.3 Å². The van der Waals surface area contributed by atoms with Gasteiger partial charge in [-0.15, -0.1) is 0 Å². The second kappa shape index (κ2) is 5.44. The fourth-order valence-corrected chi connectivity index (χ4v) is 5.15. The first-order chi connectivity index (χ1) is 7.21. The van der Waals surface area contributed by atoms with E-state index < -0.39 is 8.56 Å². The van der Waals surface area contributed by atoms with E-state index in [1.54, 1.807) is 14.2 Å². The van der Waals surface area contributed by atoms with Gasteiger partial charge < -0.3 is 8.85 Å². The minimum Gasteiger partial charge on any atom is -0.394 e. The van der Waals surface area contributed by atoms with Gasteiger partial charge in [-0.2, -0.15) is 0 Å². The van der Waals surface area contributed by atoms with Gasteiger partial charge in [0.05, 0.1) is 0 Å². The van der Waals surface area contributed by atoms with E-state index in [4.69, 9.17) is 8.85 Å². The molecule has 15 heavy (non-hydrogen) atoms. The van der Waals surface area contributed by atoms with Crippen molar-refractivity contribution in [1.29, 1.82) is 0 Å². The van der Waals surface area contributed by atoms with E-state index >= 15 is 0 Å². The van der Waals surface area contributed by atoms with Gasteiger partial charge in [-0.25, -0.2) is 0 Å². The summed E-state index contributed by atoms with van der Waals surface area (Å²) in [7, 11) is 1.29. The van der Waals surface area contributed by atoms with Gasteiger partial charge in [-0.3, -0.25) is 0 Å². The molecular formula is C12H20O2Si. The Balaban J connectivity index is 3.11. The lowest BCUT2D eigenvalue weighted by atomic mass is 10.4. The molecule has 0 N–H and O–H groups in total. The van der Waals surface area contributed by atoms with E-state index in [9.17, 15) is 0 Å². The third-order valence-corrected chi connectivity index (χ3v) is 7.10. The highest BCUT2D eigenvalue weighted by Gasteiger charge is 2.43. The van der Waals surface area contributed by atoms with Crippen molar-refractivity contribution in [2.24, 2.45) is 0 Å². The van der Waals surface area contributed by atoms with Crippen molar-refractivity contribution >= 4 is 13.7 Å². The van der Waals surface area contributed by atoms with Crippen LogP contribution in [0.2, 0.25) is 5.54 Å². The fraction of sp³-hybridized carbons (Fsp3) is 0.500. The molecule has 0 aliphatic rings. The zero-order valence-corrected chi connectivity index (χ0v) is 11.0. The molecule has 0 heterocycles. The molecule has 1 aromatic carbocycles. The van der Waals surface area contributed by atoms with Crippen molar-refractivity contribution < 1.29 is 8.85 Å². The topological polar surface area (TPSA) is 18.5 Å². The van der Waals surface area contributed by atoms with E-state index in [1.807, 2.05) is 18.2 Å². The van der Waals surface area contributed by atoms with Gasteiger partial charge in [0.1, 0.15) is 0 Å². The van der Waals surface area contributed by atoms with E-state index in [0.29, 0.717) is 5.54 Å². The predicted octanol–water partition coefficient (Wildman–Crippen LogP) is 2.43. The number of rotatable bonds is 5. The summed E-state index contributed by atoms with van der Waals surface area (Å²) in [4.78, 5) is 0. The predicted molar refractivity (Wildman–Crippen MR) is 65.6 cm³/mol. The van der Waals surface area contributed by atoms with Crippen LogP contribution in [-0.2, 0) is 8.85 Å². The lowest BCUT2D eigenvalue weighted by molar-refractivity contribution is 0.245. The molecule has 2 nitrogen and oxygen atoms in total. The van der Waals surface area contributed by atoms with Crippen LogP contribution in [0.3, 0.4) is 0 Å². The normalized spacial score (nSPS) is 13.9. The van der Waals surface area contributed by atoms with Gasteiger partial charge in [-0.05, 0) is 5.19 Å². The van der Waals surface area contributed by atoms with E-state index in [-0.39, 0.29) is 0 Å². The SMILES string of the molecule is CCC(C)[Si](OC)(OC)c1ccccc1. The quantitative estimate of drug-likeness (QED) is 0.715. The van der Waals surface area contributed by atoms with Gasteiger partial charge in [0.25, 0.3) is 0 Å². The summed E-state index contributed by atoms with van der Waals surface area (Å²) in [6, 6.07) is 10.3. The molecular weight excluding hydrogens is 204 g/mol. The highest BCUT2D eigenvalue weighted by Crippen LogP contribution is 2.25. The molecule has 0 aromatic heterocycles. The molecule has 0 radical (unpaired) electrons. The third-order valence-electron chi connectivity index (χ3n) is 3.04. The molecule has 0 amide bonds. The Labute approximate surface area is 93.5 Å². The highest BCUT2D eigenvalue weighted by atomic mass is 28.4. The molecule has 0 fully saturated rings. The first-order valence-corrected chi connectivity index (χ1v) is 7.26. The van der Waals surface area contributed by atoms with Crippen LogP contribution in [0.25, 0.3) is 0 Å². The summed E-state index contributed by atoms with van der Waals surface area (Å²) in [5.41, 5.74) is 0.454. The molecule has 0 saturated carbocycles. The smallest absolute Gasteiger partial charge is 0.374 e. The number of benzene rings is 1. The molecule has 1 aromatic rings. The molecule has 0 aliphatic carbocycles. The molecule has 0 bridgehead atoms. The maximum Gasteiger partial charge on any atom is 0.374 e. The minimum absolute atomic E-state index is 0.454. The Morgan fingerprint density at radius 1 is 1.13 bits per heavy atom. The molecule has 1 rings (SSSR count). The van der Waals surface area contributed by atoms with E-state index in [1.165, 1.54) is 5.19 Å². The van der Waals surface area contributed by atoms with E-state index in [0.717, 1.165) is 6.42 Å². The van der Waals surface area contributed by atoms with Crippen molar-refractivity contribution in [2.45, 2.75) is 25.8 Å². The fourth-order valence-electron chi connectivity index (χ4n) is 1.95. The summed E-state index contributed by atoms with van der Waals surface area (Å²) >= 11 is 0. The zero-order valence-electron chi connectivity index (χ0n) is 9.99. The lowest BCUT2D eigenvalue weighted by Gasteiger charge is -2.32. The van der Waals surface area contributed by atoms with Crippen LogP contribution in [0.5, 0.6) is 0 Å². The van der Waals surface area contributed by atoms with Gasteiger partial charge in [0.15, 0.2) is 0 Å². The van der Waals surface area contributed by atoms with E-state index in [2.05, 4.69) is 26.0 Å². The number of hydrogen-bond acceptors (Lipinski definition) is 2. The Hall–Kier alpha value is -0.643. The van der Waals surface area contributed by atoms with Crippen molar-refractivity contribution in [3.8, 4) is 0 Å². The number of hydrogen-bond donors (Lipinski definition) is 0. The molecule has 0 spiro atoms. The van der Waals surface area contributed by atoms with Crippen molar-refractivity contribution in [1.82, 2.24) is 0 Å². The summed E-state index contributed by atoms with van der Waals surface area (Å²) < 4.78 is 11.5. The minimum atomic E-state index is -2.22. The highest BCUT2D eigenvalue weighted by molar-refractivity contribution is 6.82. The molecule has 1 unspecified atom stereocenters.